The van der Waals surface area contributed by atoms with Gasteiger partial charge in [-0.3, -0.25) is 28.8 Å². The molecular formula is C66H74Cl2N8O25. The Morgan fingerprint density at radius 3 is 1.90 bits per heavy atom. The van der Waals surface area contributed by atoms with Gasteiger partial charge in [-0.2, -0.15) is 0 Å². The predicted octanol–water partition coefficient (Wildman–Crippen LogP) is 0.706. The molecule has 7 aliphatic heterocycles. The maximum atomic E-state index is 15.9. The topological polar surface area (TPSA) is 525 Å². The van der Waals surface area contributed by atoms with E-state index in [2.05, 4.69) is 37.2 Å². The summed E-state index contributed by atoms with van der Waals surface area (Å²) in [6, 6.07) is -0.942. The summed E-state index contributed by atoms with van der Waals surface area (Å²) in [6.07, 6.45) is -18.8. The Balaban J connectivity index is 1.23. The monoisotopic (exact) mass is 1450 g/mol. The van der Waals surface area contributed by atoms with Gasteiger partial charge in [-0.05, 0) is 110 Å². The largest absolute Gasteiger partial charge is 0.508 e. The third kappa shape index (κ3) is 15.8. The molecule has 12 rings (SSSR count). The number of carboxylic acids is 2. The van der Waals surface area contributed by atoms with E-state index < -0.39 is 242 Å². The first-order chi connectivity index (χ1) is 47.7. The number of hydrogen-bond acceptors (Lipinski definition) is 25. The highest BCUT2D eigenvalue weighted by Gasteiger charge is 2.51. The van der Waals surface area contributed by atoms with Crippen molar-refractivity contribution in [1.82, 2.24) is 37.2 Å². The van der Waals surface area contributed by atoms with Crippen LogP contribution in [0, 0.1) is 5.92 Å². The Morgan fingerprint density at radius 1 is 0.703 bits per heavy atom. The molecule has 7 heterocycles. The molecule has 5 aromatic rings. The van der Waals surface area contributed by atoms with Crippen molar-refractivity contribution in [2.24, 2.45) is 11.7 Å². The molecule has 33 nitrogen and oxygen atoms in total. The zero-order valence-electron chi connectivity index (χ0n) is 54.2. The van der Waals surface area contributed by atoms with Crippen molar-refractivity contribution in [3.63, 3.8) is 0 Å². The highest BCUT2D eigenvalue weighted by Crippen LogP contribution is 2.50. The van der Waals surface area contributed by atoms with Crippen molar-refractivity contribution in [2.45, 2.75) is 156 Å². The fraction of sp³-hybridized carbons (Fsp3) is 0.424. The standard InChI is InChI=1S/C66H74Cl2N8O25/c1-23(2)12-34(70-5)58(87)75-49-51(82)26-7-10-38(32(67)14-26)97-40-16-28-17-41(55(40)101-65-56(54(85)53(84)42(22-77)99-65)100-44-21-66(4,69)57(86)24(3)96-44)98-39-11-8-27(15-33(39)68)52(83)50-62(91)74-48(64(94)95)31-18-29(78)19-37(80)45(31)30-13-25(6-9-36(30)79)46(59(88)76-50)73-60(89)47(28)72-43(81)20-35(63(92)93)71-61(49)90/h6-11,13-19,23-24,34-35,42,44,46-54,56-57,65,70,77-80,82-86H,12,20-22,69H2,1-5H3,(H,71,90)(H,72,81)(H,73,89)(H,74,91)(H,75,87)(H,76,88)(H,92,93)(H,94,95)/t24-,34+,35-,42+,44-,46+,47+,48-,49?,50-,51+,52+,53?,54-,56+,57+,65-,66-/m0/s1. The van der Waals surface area contributed by atoms with E-state index in [0.717, 1.165) is 72.8 Å². The second-order valence-corrected chi connectivity index (χ2v) is 26.5. The van der Waals surface area contributed by atoms with Gasteiger partial charge in [0.2, 0.25) is 47.5 Å². The average molecular weight is 1450 g/mol. The van der Waals surface area contributed by atoms with Crippen molar-refractivity contribution in [1.29, 1.82) is 0 Å². The fourth-order valence-electron chi connectivity index (χ4n) is 12.4. The van der Waals surface area contributed by atoms with Gasteiger partial charge in [-0.15, -0.1) is 0 Å². The van der Waals surface area contributed by atoms with Crippen molar-refractivity contribution in [3.05, 3.63) is 117 Å². The first-order valence-corrected chi connectivity index (χ1v) is 32.3. The van der Waals surface area contributed by atoms with Crippen LogP contribution in [0.1, 0.15) is 105 Å². The Labute approximate surface area is 583 Å². The fourth-order valence-corrected chi connectivity index (χ4v) is 12.9. The van der Waals surface area contributed by atoms with E-state index in [1.54, 1.807) is 0 Å². The molecule has 20 N–H and O–H groups in total. The quantitative estimate of drug-likeness (QED) is 0.0817. The summed E-state index contributed by atoms with van der Waals surface area (Å²) in [5.74, 6) is -16.7. The van der Waals surface area contributed by atoms with E-state index in [1.165, 1.54) is 27.0 Å². The van der Waals surface area contributed by atoms with Gasteiger partial charge in [0.25, 0.3) is 0 Å². The lowest BCUT2D eigenvalue weighted by atomic mass is 9.86. The van der Waals surface area contributed by atoms with Crippen LogP contribution in [0.5, 0.6) is 46.0 Å². The predicted molar refractivity (Wildman–Crippen MR) is 348 cm³/mol. The number of nitrogens with one attached hydrogen (secondary N) is 7. The number of likely N-dealkylation sites (N-methyl/N-ethyl adjacent to an activating group) is 1. The normalized spacial score (nSPS) is 29.6. The van der Waals surface area contributed by atoms with Gasteiger partial charge in [-0.25, -0.2) is 9.59 Å². The second kappa shape index (κ2) is 30.2. The van der Waals surface area contributed by atoms with E-state index >= 15 is 9.59 Å². The number of rotatable bonds is 12. The summed E-state index contributed by atoms with van der Waals surface area (Å²) in [5, 5.41) is 141. The number of carbonyl (C=O) groups excluding carboxylic acids is 6. The number of hydrogen-bond donors (Lipinski definition) is 19. The number of fused-ring (bicyclic) bond motifs is 16. The summed E-state index contributed by atoms with van der Waals surface area (Å²) in [4.78, 5) is 116. The number of aliphatic hydroxyl groups is 6. The van der Waals surface area contributed by atoms with Crippen LogP contribution in [0.2, 0.25) is 10.0 Å². The summed E-state index contributed by atoms with van der Waals surface area (Å²) in [7, 11) is 1.46. The Morgan fingerprint density at radius 2 is 1.32 bits per heavy atom. The summed E-state index contributed by atoms with van der Waals surface area (Å²) >= 11 is 14.1. The minimum atomic E-state index is -2.32. The van der Waals surface area contributed by atoms with Gasteiger partial charge in [0, 0.05) is 34.7 Å². The van der Waals surface area contributed by atoms with Crippen LogP contribution < -0.4 is 57.2 Å². The third-order valence-corrected chi connectivity index (χ3v) is 18.3. The molecule has 5 aromatic carbocycles. The van der Waals surface area contributed by atoms with Gasteiger partial charge in [0.15, 0.2) is 29.9 Å². The van der Waals surface area contributed by atoms with Crippen molar-refractivity contribution in [3.8, 4) is 57.1 Å². The lowest BCUT2D eigenvalue weighted by Crippen LogP contribution is -2.64. The maximum absolute atomic E-state index is 15.9. The van der Waals surface area contributed by atoms with Gasteiger partial charge < -0.3 is 128 Å². The van der Waals surface area contributed by atoms with Crippen LogP contribution in [0.25, 0.3) is 11.1 Å². The van der Waals surface area contributed by atoms with Gasteiger partial charge >= 0.3 is 11.9 Å². The molecule has 11 bridgehead atoms. The number of amides is 6. The summed E-state index contributed by atoms with van der Waals surface area (Å²) < 4.78 is 38.2. The Bertz CT molecular complexity index is 4070. The molecule has 0 aliphatic carbocycles. The minimum Gasteiger partial charge on any atom is -0.508 e. The number of ether oxygens (including phenoxy) is 6. The molecule has 6 amide bonds. The number of benzene rings is 5. The lowest BCUT2D eigenvalue weighted by Gasteiger charge is -2.47. The summed E-state index contributed by atoms with van der Waals surface area (Å²) in [5.41, 5.74) is 2.21. The number of nitrogens with two attached hydrogens (primary N) is 1. The molecule has 2 unspecified atom stereocenters. The van der Waals surface area contributed by atoms with Crippen molar-refractivity contribution in [2.75, 3.05) is 13.7 Å². The molecule has 2 saturated heterocycles. The average Bonchev–Trinajstić information content (AvgIpc) is 0.953. The van der Waals surface area contributed by atoms with E-state index in [1.807, 2.05) is 13.8 Å². The molecular weight excluding hydrogens is 1380 g/mol. The van der Waals surface area contributed by atoms with Crippen LogP contribution >= 0.6 is 23.2 Å². The Hall–Kier alpha value is -9.20. The number of carbonyl (C=O) groups is 8. The lowest BCUT2D eigenvalue weighted by molar-refractivity contribution is -0.333. The van der Waals surface area contributed by atoms with E-state index in [0.29, 0.717) is 0 Å². The maximum Gasteiger partial charge on any atom is 0.330 e. The minimum absolute atomic E-state index is 0.0991. The zero-order valence-corrected chi connectivity index (χ0v) is 55.7. The number of aliphatic hydroxyl groups excluding tert-OH is 6. The number of phenolic OH excluding ortho intramolecular Hbond substituents is 3. The molecule has 35 heteroatoms. The van der Waals surface area contributed by atoms with E-state index in [9.17, 15) is 84.9 Å². The molecule has 0 aromatic heterocycles. The SMILES string of the molecule is CN[C@H](CC(C)C)C(=O)NC1C(=O)N[C@H](C(=O)O)CC(=O)N[C@H]2C(=O)N[C@H]3C(=O)N[C@H](C(=O)N[C@H](C(=O)O)c4cc(O)cc(O)c4-c4cc3ccc4O)[C@H](O)c3ccc(c(Cl)c3)Oc3cc2cc(c3O[C@@H]2O[C@H](CO)C(O)[C@H](O)[C@H]2O[C@H]2C[C@](C)(N)[C@H](O)[C@H](C)O2)Oc2ccc(cc2Cl)[C@H]1O. The molecule has 7 aliphatic rings. The first-order valence-electron chi connectivity index (χ1n) is 31.6. The molecule has 542 valence electrons. The second-order valence-electron chi connectivity index (χ2n) is 25.6. The molecule has 0 saturated carbocycles. The molecule has 2 fully saturated rings. The molecule has 0 spiro atoms. The number of aromatic hydroxyl groups is 3. The number of phenols is 3. The highest BCUT2D eigenvalue weighted by molar-refractivity contribution is 6.32. The van der Waals surface area contributed by atoms with Crippen LogP contribution in [0.4, 0.5) is 0 Å². The first kappa shape index (κ1) is 74.5. The smallest absolute Gasteiger partial charge is 0.330 e. The van der Waals surface area contributed by atoms with E-state index in [4.69, 9.17) is 57.4 Å². The van der Waals surface area contributed by atoms with Crippen LogP contribution in [0.15, 0.2) is 78.9 Å². The van der Waals surface area contributed by atoms with E-state index in [-0.39, 0.29) is 41.2 Å². The van der Waals surface area contributed by atoms with Gasteiger partial charge in [-0.1, -0.05) is 55.2 Å². The number of carboxylic acid groups (broad SMARTS) is 2. The molecule has 18 atom stereocenters. The third-order valence-electron chi connectivity index (χ3n) is 17.8. The zero-order chi connectivity index (χ0) is 73.5. The van der Waals surface area contributed by atoms with Crippen LogP contribution in [-0.4, -0.2) is 196 Å². The van der Waals surface area contributed by atoms with Crippen LogP contribution in [0.3, 0.4) is 0 Å². The van der Waals surface area contributed by atoms with Crippen LogP contribution in [-0.2, 0) is 52.6 Å². The van der Waals surface area contributed by atoms with Crippen molar-refractivity contribution >= 4 is 70.6 Å². The summed E-state index contributed by atoms with van der Waals surface area (Å²) in [6.45, 7) is 5.63. The Kier molecular flexibility index (Phi) is 22.2. The number of aliphatic carboxylic acids is 2. The van der Waals surface area contributed by atoms with Gasteiger partial charge in [0.1, 0.15) is 89.5 Å². The van der Waals surface area contributed by atoms with Crippen molar-refractivity contribution < 1.29 is 123 Å². The van der Waals surface area contributed by atoms with Gasteiger partial charge in [0.05, 0.1) is 41.3 Å². The number of halogens is 2. The molecule has 0 radical (unpaired) electrons. The highest BCUT2D eigenvalue weighted by atomic mass is 35.5. The molecule has 101 heavy (non-hydrogen) atoms.